The SMILES string of the molecule is CCc1nc(-c2cc3ccc(F)cc3s2)n[nH]1. The molecule has 2 heterocycles. The van der Waals surface area contributed by atoms with E-state index in [0.717, 1.165) is 27.2 Å². The summed E-state index contributed by atoms with van der Waals surface area (Å²) in [6, 6.07) is 6.77. The van der Waals surface area contributed by atoms with Crippen molar-refractivity contribution < 1.29 is 4.39 Å². The number of benzene rings is 1. The molecule has 0 saturated heterocycles. The van der Waals surface area contributed by atoms with E-state index in [1.165, 1.54) is 23.5 Å². The quantitative estimate of drug-likeness (QED) is 0.754. The summed E-state index contributed by atoms with van der Waals surface area (Å²) in [6.45, 7) is 2.02. The fourth-order valence-electron chi connectivity index (χ4n) is 1.68. The van der Waals surface area contributed by atoms with Gasteiger partial charge in [0.05, 0.1) is 4.88 Å². The summed E-state index contributed by atoms with van der Waals surface area (Å²) in [7, 11) is 0. The number of rotatable bonds is 2. The summed E-state index contributed by atoms with van der Waals surface area (Å²) in [4.78, 5) is 5.33. The van der Waals surface area contributed by atoms with Gasteiger partial charge in [-0.05, 0) is 23.6 Å². The molecule has 0 fully saturated rings. The Morgan fingerprint density at radius 2 is 2.24 bits per heavy atom. The summed E-state index contributed by atoms with van der Waals surface area (Å²) in [5.41, 5.74) is 0. The Morgan fingerprint density at radius 3 is 3.00 bits per heavy atom. The molecule has 1 N–H and O–H groups in total. The van der Waals surface area contributed by atoms with Crippen molar-refractivity contribution in [1.82, 2.24) is 15.2 Å². The molecule has 0 atom stereocenters. The third kappa shape index (κ3) is 1.82. The van der Waals surface area contributed by atoms with Crippen molar-refractivity contribution in [1.29, 1.82) is 0 Å². The molecule has 0 aliphatic carbocycles. The Morgan fingerprint density at radius 1 is 1.35 bits per heavy atom. The van der Waals surface area contributed by atoms with E-state index in [1.807, 2.05) is 13.0 Å². The lowest BCUT2D eigenvalue weighted by molar-refractivity contribution is 0.630. The first-order valence-electron chi connectivity index (χ1n) is 5.37. The van der Waals surface area contributed by atoms with E-state index in [2.05, 4.69) is 15.2 Å². The zero-order chi connectivity index (χ0) is 11.8. The maximum absolute atomic E-state index is 13.1. The van der Waals surface area contributed by atoms with Crippen molar-refractivity contribution in [3.05, 3.63) is 35.9 Å². The molecule has 2 aromatic heterocycles. The average Bonchev–Trinajstić information content (AvgIpc) is 2.93. The fourth-order valence-corrected chi connectivity index (χ4v) is 2.70. The van der Waals surface area contributed by atoms with E-state index in [4.69, 9.17) is 0 Å². The topological polar surface area (TPSA) is 41.6 Å². The van der Waals surface area contributed by atoms with Gasteiger partial charge in [-0.3, -0.25) is 5.10 Å². The number of hydrogen-bond acceptors (Lipinski definition) is 3. The smallest absolute Gasteiger partial charge is 0.191 e. The minimum atomic E-state index is -0.213. The van der Waals surface area contributed by atoms with Crippen LogP contribution in [-0.4, -0.2) is 15.2 Å². The van der Waals surface area contributed by atoms with E-state index in [1.54, 1.807) is 6.07 Å². The average molecular weight is 247 g/mol. The Labute approximate surface area is 101 Å². The number of aryl methyl sites for hydroxylation is 1. The summed E-state index contributed by atoms with van der Waals surface area (Å²) in [5, 5.41) is 8.06. The normalized spacial score (nSPS) is 11.2. The lowest BCUT2D eigenvalue weighted by Gasteiger charge is -1.86. The maximum atomic E-state index is 13.1. The van der Waals surface area contributed by atoms with Gasteiger partial charge in [-0.1, -0.05) is 13.0 Å². The molecule has 3 rings (SSSR count). The van der Waals surface area contributed by atoms with Gasteiger partial charge >= 0.3 is 0 Å². The first kappa shape index (κ1) is 10.4. The zero-order valence-electron chi connectivity index (χ0n) is 9.20. The van der Waals surface area contributed by atoms with Crippen molar-refractivity contribution in [2.45, 2.75) is 13.3 Å². The standard InChI is InChI=1S/C12H10FN3S/c1-2-11-14-12(16-15-11)10-5-7-3-4-8(13)6-9(7)17-10/h3-6H,2H2,1H3,(H,14,15,16). The highest BCUT2D eigenvalue weighted by Crippen LogP contribution is 2.31. The fraction of sp³-hybridized carbons (Fsp3) is 0.167. The third-order valence-electron chi connectivity index (χ3n) is 2.57. The van der Waals surface area contributed by atoms with Crippen molar-refractivity contribution in [2.24, 2.45) is 0 Å². The molecule has 3 aromatic rings. The second kappa shape index (κ2) is 3.92. The maximum Gasteiger partial charge on any atom is 0.191 e. The number of halogens is 1. The molecule has 3 nitrogen and oxygen atoms in total. The molecule has 0 amide bonds. The van der Waals surface area contributed by atoms with Crippen LogP contribution in [0.25, 0.3) is 20.8 Å². The Bertz CT molecular complexity index is 671. The van der Waals surface area contributed by atoms with Crippen LogP contribution in [0.2, 0.25) is 0 Å². The molecule has 86 valence electrons. The van der Waals surface area contributed by atoms with E-state index >= 15 is 0 Å². The van der Waals surface area contributed by atoms with Crippen molar-refractivity contribution in [3.63, 3.8) is 0 Å². The molecule has 0 aliphatic rings. The third-order valence-corrected chi connectivity index (χ3v) is 3.66. The molecular weight excluding hydrogens is 237 g/mol. The highest BCUT2D eigenvalue weighted by Gasteiger charge is 2.09. The number of nitrogens with one attached hydrogen (secondary N) is 1. The van der Waals surface area contributed by atoms with Crippen LogP contribution in [0.5, 0.6) is 0 Å². The van der Waals surface area contributed by atoms with Gasteiger partial charge in [0.25, 0.3) is 0 Å². The lowest BCUT2D eigenvalue weighted by Crippen LogP contribution is -1.80. The van der Waals surface area contributed by atoms with Gasteiger partial charge in [0, 0.05) is 11.1 Å². The van der Waals surface area contributed by atoms with Crippen LogP contribution in [0.15, 0.2) is 24.3 Å². The van der Waals surface area contributed by atoms with E-state index in [-0.39, 0.29) is 5.82 Å². The first-order valence-corrected chi connectivity index (χ1v) is 6.18. The number of thiophene rings is 1. The number of H-pyrrole nitrogens is 1. The second-order valence-electron chi connectivity index (χ2n) is 3.75. The Kier molecular flexibility index (Phi) is 2.40. The number of aromatic nitrogens is 3. The number of fused-ring (bicyclic) bond motifs is 1. The van der Waals surface area contributed by atoms with Crippen LogP contribution in [0.3, 0.4) is 0 Å². The summed E-state index contributed by atoms with van der Waals surface area (Å²) in [5.74, 6) is 1.34. The second-order valence-corrected chi connectivity index (χ2v) is 4.84. The van der Waals surface area contributed by atoms with E-state index < -0.39 is 0 Å². The molecule has 17 heavy (non-hydrogen) atoms. The predicted molar refractivity (Wildman–Crippen MR) is 66.5 cm³/mol. The van der Waals surface area contributed by atoms with Gasteiger partial charge < -0.3 is 0 Å². The van der Waals surface area contributed by atoms with Gasteiger partial charge in [0.15, 0.2) is 5.82 Å². The lowest BCUT2D eigenvalue weighted by atomic mass is 10.2. The van der Waals surface area contributed by atoms with Crippen LogP contribution >= 0.6 is 11.3 Å². The van der Waals surface area contributed by atoms with Crippen molar-refractivity contribution in [3.8, 4) is 10.7 Å². The summed E-state index contributed by atoms with van der Waals surface area (Å²) >= 11 is 1.50. The van der Waals surface area contributed by atoms with Crippen LogP contribution in [0.4, 0.5) is 4.39 Å². The molecule has 0 unspecified atom stereocenters. The Balaban J connectivity index is 2.11. The highest BCUT2D eigenvalue weighted by molar-refractivity contribution is 7.22. The molecule has 0 spiro atoms. The van der Waals surface area contributed by atoms with Crippen LogP contribution in [-0.2, 0) is 6.42 Å². The number of hydrogen-bond donors (Lipinski definition) is 1. The minimum absolute atomic E-state index is 0.213. The van der Waals surface area contributed by atoms with E-state index in [9.17, 15) is 4.39 Å². The summed E-state index contributed by atoms with van der Waals surface area (Å²) < 4.78 is 14.0. The molecule has 0 aliphatic heterocycles. The molecule has 0 radical (unpaired) electrons. The van der Waals surface area contributed by atoms with Crippen LogP contribution in [0, 0.1) is 5.82 Å². The van der Waals surface area contributed by atoms with Crippen molar-refractivity contribution >= 4 is 21.4 Å². The number of aromatic amines is 1. The highest BCUT2D eigenvalue weighted by atomic mass is 32.1. The van der Waals surface area contributed by atoms with Gasteiger partial charge in [0.1, 0.15) is 11.6 Å². The van der Waals surface area contributed by atoms with Crippen molar-refractivity contribution in [2.75, 3.05) is 0 Å². The number of nitrogens with zero attached hydrogens (tertiary/aromatic N) is 2. The van der Waals surface area contributed by atoms with Crippen LogP contribution in [0.1, 0.15) is 12.7 Å². The monoisotopic (exact) mass is 247 g/mol. The first-order chi connectivity index (χ1) is 8.26. The molecular formula is C12H10FN3S. The van der Waals surface area contributed by atoms with Gasteiger partial charge in [-0.25, -0.2) is 9.37 Å². The van der Waals surface area contributed by atoms with Gasteiger partial charge in [0.2, 0.25) is 0 Å². The van der Waals surface area contributed by atoms with Crippen LogP contribution < -0.4 is 0 Å². The molecule has 0 saturated carbocycles. The zero-order valence-corrected chi connectivity index (χ0v) is 10.0. The molecule has 1 aromatic carbocycles. The Hall–Kier alpha value is -1.75. The predicted octanol–water partition coefficient (Wildman–Crippen LogP) is 3.39. The van der Waals surface area contributed by atoms with E-state index in [0.29, 0.717) is 5.82 Å². The molecule has 0 bridgehead atoms. The van der Waals surface area contributed by atoms with Gasteiger partial charge in [-0.15, -0.1) is 11.3 Å². The summed E-state index contributed by atoms with van der Waals surface area (Å²) in [6.07, 6.45) is 0.826. The largest absolute Gasteiger partial charge is 0.263 e. The molecule has 5 heteroatoms. The van der Waals surface area contributed by atoms with Gasteiger partial charge in [-0.2, -0.15) is 5.10 Å². The minimum Gasteiger partial charge on any atom is -0.263 e.